The fourth-order valence-electron chi connectivity index (χ4n) is 3.04. The van der Waals surface area contributed by atoms with Gasteiger partial charge in [0.2, 0.25) is 0 Å². The minimum atomic E-state index is -0.533. The Balaban J connectivity index is 1.84. The zero-order chi connectivity index (χ0) is 15.7. The number of aromatic nitrogens is 2. The van der Waals surface area contributed by atoms with Gasteiger partial charge in [-0.1, -0.05) is 0 Å². The lowest BCUT2D eigenvalue weighted by atomic mass is 10.0. The summed E-state index contributed by atoms with van der Waals surface area (Å²) in [5, 5.41) is 14.2. The molecule has 4 nitrogen and oxygen atoms in total. The third kappa shape index (κ3) is 3.03. The number of β-amino-alcohol motifs (C(OH)–C–C–N with tert-alkyl or cyclic N) is 1. The fraction of sp³-hybridized carbons (Fsp3) is 0.438. The highest BCUT2D eigenvalue weighted by atomic mass is 19.1. The molecule has 1 fully saturated rings. The van der Waals surface area contributed by atoms with E-state index in [1.54, 1.807) is 6.20 Å². The molecule has 0 amide bonds. The Labute approximate surface area is 128 Å². The van der Waals surface area contributed by atoms with Crippen molar-refractivity contribution in [2.45, 2.75) is 38.6 Å². The van der Waals surface area contributed by atoms with E-state index in [4.69, 9.17) is 0 Å². The van der Waals surface area contributed by atoms with Crippen molar-refractivity contribution in [1.82, 2.24) is 14.7 Å². The van der Waals surface area contributed by atoms with E-state index in [9.17, 15) is 13.9 Å². The molecular formula is C16H19F2N3O. The first-order valence-electron chi connectivity index (χ1n) is 7.45. The second kappa shape index (κ2) is 6.14. The SMILES string of the molecule is CCn1cc(CN2CC(O)CC2c2cc(F)ccc2F)cn1. The second-order valence-corrected chi connectivity index (χ2v) is 5.70. The third-order valence-corrected chi connectivity index (χ3v) is 4.09. The highest BCUT2D eigenvalue weighted by Gasteiger charge is 2.33. The van der Waals surface area contributed by atoms with Crippen LogP contribution in [-0.4, -0.2) is 32.4 Å². The Morgan fingerprint density at radius 2 is 2.18 bits per heavy atom. The molecule has 1 saturated heterocycles. The Hall–Kier alpha value is -1.79. The molecule has 1 N–H and O–H groups in total. The van der Waals surface area contributed by atoms with Crippen molar-refractivity contribution in [3.05, 3.63) is 53.4 Å². The lowest BCUT2D eigenvalue weighted by Crippen LogP contribution is -2.24. The van der Waals surface area contributed by atoms with Gasteiger partial charge in [0, 0.05) is 43.0 Å². The van der Waals surface area contributed by atoms with Gasteiger partial charge in [0.25, 0.3) is 0 Å². The minimum absolute atomic E-state index is 0.305. The molecule has 0 saturated carbocycles. The molecule has 1 aliphatic rings. The molecule has 0 bridgehead atoms. The molecule has 2 heterocycles. The van der Waals surface area contributed by atoms with E-state index in [0.29, 0.717) is 25.1 Å². The van der Waals surface area contributed by atoms with E-state index in [2.05, 4.69) is 5.10 Å². The number of rotatable bonds is 4. The summed E-state index contributed by atoms with van der Waals surface area (Å²) in [7, 11) is 0. The van der Waals surface area contributed by atoms with E-state index in [0.717, 1.165) is 24.2 Å². The van der Waals surface area contributed by atoms with Crippen molar-refractivity contribution in [3.63, 3.8) is 0 Å². The lowest BCUT2D eigenvalue weighted by molar-refractivity contribution is 0.172. The van der Waals surface area contributed by atoms with Crippen LogP contribution in [0.4, 0.5) is 8.78 Å². The number of aryl methyl sites for hydroxylation is 1. The number of nitrogens with zero attached hydrogens (tertiary/aromatic N) is 3. The lowest BCUT2D eigenvalue weighted by Gasteiger charge is -2.24. The van der Waals surface area contributed by atoms with E-state index >= 15 is 0 Å². The van der Waals surface area contributed by atoms with E-state index < -0.39 is 17.7 Å². The standard InChI is InChI=1S/C16H19F2N3O/c1-2-21-9-11(7-19-21)8-20-10-13(22)6-16(20)14-5-12(17)3-4-15(14)18/h3-5,7,9,13,16,22H,2,6,8,10H2,1H3. The Morgan fingerprint density at radius 1 is 1.36 bits per heavy atom. The molecule has 22 heavy (non-hydrogen) atoms. The van der Waals surface area contributed by atoms with Crippen molar-refractivity contribution in [3.8, 4) is 0 Å². The van der Waals surface area contributed by atoms with E-state index in [1.807, 2.05) is 22.7 Å². The number of aliphatic hydroxyl groups is 1. The molecule has 2 unspecified atom stereocenters. The van der Waals surface area contributed by atoms with E-state index in [-0.39, 0.29) is 6.04 Å². The van der Waals surface area contributed by atoms with Gasteiger partial charge in [-0.3, -0.25) is 9.58 Å². The predicted octanol–water partition coefficient (Wildman–Crippen LogP) is 2.49. The van der Waals surface area contributed by atoms with Crippen molar-refractivity contribution in [2.24, 2.45) is 0 Å². The predicted molar refractivity (Wildman–Crippen MR) is 78.0 cm³/mol. The van der Waals surface area contributed by atoms with Crippen LogP contribution >= 0.6 is 0 Å². The number of hydrogen-bond acceptors (Lipinski definition) is 3. The quantitative estimate of drug-likeness (QED) is 0.943. The molecule has 1 aromatic carbocycles. The van der Waals surface area contributed by atoms with Gasteiger partial charge in [-0.25, -0.2) is 8.78 Å². The molecule has 2 aromatic rings. The Morgan fingerprint density at radius 3 is 2.91 bits per heavy atom. The number of aliphatic hydroxyl groups excluding tert-OH is 1. The van der Waals surface area contributed by atoms with Crippen LogP contribution in [-0.2, 0) is 13.1 Å². The minimum Gasteiger partial charge on any atom is -0.392 e. The number of halogens is 2. The number of hydrogen-bond donors (Lipinski definition) is 1. The second-order valence-electron chi connectivity index (χ2n) is 5.70. The van der Waals surface area contributed by atoms with Crippen LogP contribution in [0.1, 0.15) is 30.5 Å². The fourth-order valence-corrected chi connectivity index (χ4v) is 3.04. The van der Waals surface area contributed by atoms with Gasteiger partial charge in [-0.05, 0) is 31.5 Å². The monoisotopic (exact) mass is 307 g/mol. The first kappa shape index (κ1) is 15.1. The first-order chi connectivity index (χ1) is 10.6. The van der Waals surface area contributed by atoms with Crippen LogP contribution in [0, 0.1) is 11.6 Å². The van der Waals surface area contributed by atoms with Crippen LogP contribution in [0.15, 0.2) is 30.6 Å². The Kier molecular flexibility index (Phi) is 4.22. The summed E-state index contributed by atoms with van der Waals surface area (Å²) in [6.07, 6.45) is 3.58. The molecule has 0 radical (unpaired) electrons. The summed E-state index contributed by atoms with van der Waals surface area (Å²) in [5.41, 5.74) is 1.30. The zero-order valence-electron chi connectivity index (χ0n) is 12.4. The van der Waals surface area contributed by atoms with Gasteiger partial charge >= 0.3 is 0 Å². The summed E-state index contributed by atoms with van der Waals surface area (Å²) in [5.74, 6) is -0.897. The summed E-state index contributed by atoms with van der Waals surface area (Å²) < 4.78 is 29.3. The topological polar surface area (TPSA) is 41.3 Å². The van der Waals surface area contributed by atoms with Gasteiger partial charge in [0.15, 0.2) is 0 Å². The number of likely N-dealkylation sites (tertiary alicyclic amines) is 1. The number of benzene rings is 1. The molecule has 1 aliphatic heterocycles. The first-order valence-corrected chi connectivity index (χ1v) is 7.45. The molecule has 3 rings (SSSR count). The van der Waals surface area contributed by atoms with Gasteiger partial charge in [-0.15, -0.1) is 0 Å². The summed E-state index contributed by atoms with van der Waals surface area (Å²) in [6.45, 7) is 3.78. The zero-order valence-corrected chi connectivity index (χ0v) is 12.4. The smallest absolute Gasteiger partial charge is 0.128 e. The summed E-state index contributed by atoms with van der Waals surface area (Å²) in [4.78, 5) is 1.97. The van der Waals surface area contributed by atoms with Crippen molar-refractivity contribution in [2.75, 3.05) is 6.54 Å². The van der Waals surface area contributed by atoms with Gasteiger partial charge in [0.1, 0.15) is 11.6 Å². The van der Waals surface area contributed by atoms with Crippen molar-refractivity contribution in [1.29, 1.82) is 0 Å². The van der Waals surface area contributed by atoms with Crippen LogP contribution in [0.3, 0.4) is 0 Å². The van der Waals surface area contributed by atoms with Crippen LogP contribution in [0.5, 0.6) is 0 Å². The van der Waals surface area contributed by atoms with Gasteiger partial charge < -0.3 is 5.11 Å². The summed E-state index contributed by atoms with van der Waals surface area (Å²) in [6, 6.07) is 3.15. The van der Waals surface area contributed by atoms with Crippen molar-refractivity contribution >= 4 is 0 Å². The maximum absolute atomic E-state index is 14.0. The Bertz CT molecular complexity index is 659. The molecular weight excluding hydrogens is 288 g/mol. The third-order valence-electron chi connectivity index (χ3n) is 4.09. The molecule has 2 atom stereocenters. The highest BCUT2D eigenvalue weighted by Crippen LogP contribution is 2.35. The molecule has 6 heteroatoms. The van der Waals surface area contributed by atoms with Crippen LogP contribution < -0.4 is 0 Å². The maximum Gasteiger partial charge on any atom is 0.128 e. The average molecular weight is 307 g/mol. The van der Waals surface area contributed by atoms with E-state index in [1.165, 1.54) is 6.07 Å². The molecule has 0 spiro atoms. The van der Waals surface area contributed by atoms with Crippen molar-refractivity contribution < 1.29 is 13.9 Å². The molecule has 118 valence electrons. The van der Waals surface area contributed by atoms with Gasteiger partial charge in [0.05, 0.1) is 12.3 Å². The maximum atomic E-state index is 14.0. The largest absolute Gasteiger partial charge is 0.392 e. The average Bonchev–Trinajstić information content (AvgIpc) is 3.08. The molecule has 1 aromatic heterocycles. The molecule has 0 aliphatic carbocycles. The summed E-state index contributed by atoms with van der Waals surface area (Å²) >= 11 is 0. The van der Waals surface area contributed by atoms with Crippen LogP contribution in [0.25, 0.3) is 0 Å². The van der Waals surface area contributed by atoms with Crippen LogP contribution in [0.2, 0.25) is 0 Å². The normalized spacial score (nSPS) is 22.4. The van der Waals surface area contributed by atoms with Gasteiger partial charge in [-0.2, -0.15) is 5.10 Å². The highest BCUT2D eigenvalue weighted by molar-refractivity contribution is 5.24.